The van der Waals surface area contributed by atoms with Gasteiger partial charge in [-0.15, -0.1) is 0 Å². The second-order valence-electron chi connectivity index (χ2n) is 1.55. The van der Waals surface area contributed by atoms with Gasteiger partial charge in [-0.3, -0.25) is 0 Å². The molecule has 0 rings (SSSR count). The minimum atomic E-state index is -2.13. The topological polar surface area (TPSA) is 0 Å². The van der Waals surface area contributed by atoms with Crippen molar-refractivity contribution in [3.8, 4) is 0 Å². The molecule has 0 heterocycles. The average molecular weight is 282 g/mol. The Kier molecular flexibility index (Phi) is 19.1. The van der Waals surface area contributed by atoms with Crippen LogP contribution in [0.4, 0.5) is 0 Å². The van der Waals surface area contributed by atoms with E-state index >= 15 is 0 Å². The molecule has 0 spiro atoms. The first-order valence-electron chi connectivity index (χ1n) is 3.09. The minimum absolute atomic E-state index is 1.05. The Morgan fingerprint density at radius 2 is 1.80 bits per heavy atom. The third kappa shape index (κ3) is 33.1. The fraction of sp³-hybridized carbons (Fsp3) is 0.667. The van der Waals surface area contributed by atoms with Crippen molar-refractivity contribution < 1.29 is 18.2 Å². The Balaban J connectivity index is 0. The molecule has 0 N–H and O–H groups in total. The van der Waals surface area contributed by atoms with Crippen LogP contribution < -0.4 is 0 Å². The molecule has 0 fully saturated rings. The first-order chi connectivity index (χ1) is 4.65. The molecule has 10 heavy (non-hydrogen) atoms. The first-order valence-corrected chi connectivity index (χ1v) is 12.6. The summed E-state index contributed by atoms with van der Waals surface area (Å²) >= 11 is -2.13. The van der Waals surface area contributed by atoms with Crippen LogP contribution in [0.3, 0.4) is 0 Å². The van der Waals surface area contributed by atoms with Gasteiger partial charge in [-0.1, -0.05) is 6.92 Å². The summed E-state index contributed by atoms with van der Waals surface area (Å²) in [6.07, 6.45) is 5.66. The zero-order valence-corrected chi connectivity index (χ0v) is 10.8. The van der Waals surface area contributed by atoms with Gasteiger partial charge in [0.15, 0.2) is 0 Å². The molecule has 0 aromatic carbocycles. The fourth-order valence-corrected chi connectivity index (χ4v) is 0.348. The SMILES string of the molecule is [CH2-]CC[CH-]CC.[Cl][Zr]([Cl])[Cl]. The first kappa shape index (κ1) is 14.3. The summed E-state index contributed by atoms with van der Waals surface area (Å²) in [4.78, 5) is 0. The third-order valence-electron chi connectivity index (χ3n) is 0.697. The Hall–Kier alpha value is 1.75. The van der Waals surface area contributed by atoms with Crippen LogP contribution in [0.25, 0.3) is 0 Å². The molecule has 0 saturated carbocycles. The molecule has 0 amide bonds. The Labute approximate surface area is 82.6 Å². The van der Waals surface area contributed by atoms with E-state index in [1.165, 1.54) is 12.8 Å². The Morgan fingerprint density at radius 3 is 1.90 bits per heavy atom. The molecule has 0 aliphatic rings. The molecule has 4 heteroatoms. The molecule has 0 unspecified atom stereocenters. The van der Waals surface area contributed by atoms with Crippen LogP contribution >= 0.6 is 25.5 Å². The van der Waals surface area contributed by atoms with E-state index in [1.807, 2.05) is 0 Å². The molecule has 0 radical (unpaired) electrons. The quantitative estimate of drug-likeness (QED) is 0.535. The van der Waals surface area contributed by atoms with E-state index in [-0.39, 0.29) is 0 Å². The summed E-state index contributed by atoms with van der Waals surface area (Å²) in [5.41, 5.74) is 0. The number of unbranched alkanes of at least 4 members (excludes halogenated alkanes) is 3. The number of hydrogen-bond donors (Lipinski definition) is 0. The second-order valence-corrected chi connectivity index (χ2v) is 12.7. The van der Waals surface area contributed by atoms with Crippen molar-refractivity contribution in [2.24, 2.45) is 0 Å². The van der Waals surface area contributed by atoms with Crippen LogP contribution in [0, 0.1) is 13.3 Å². The molecule has 0 bridgehead atoms. The molecule has 0 atom stereocenters. The summed E-state index contributed by atoms with van der Waals surface area (Å²) < 4.78 is 0. The third-order valence-corrected chi connectivity index (χ3v) is 0.697. The van der Waals surface area contributed by atoms with Gasteiger partial charge in [0.2, 0.25) is 0 Å². The maximum absolute atomic E-state index is 5.00. The molecule has 0 aromatic rings. The fourth-order valence-electron chi connectivity index (χ4n) is 0.348. The van der Waals surface area contributed by atoms with Crippen molar-refractivity contribution in [3.05, 3.63) is 13.3 Å². The molecule has 63 valence electrons. The van der Waals surface area contributed by atoms with Gasteiger partial charge in [0, 0.05) is 0 Å². The van der Waals surface area contributed by atoms with E-state index in [1.54, 1.807) is 0 Å². The van der Waals surface area contributed by atoms with Crippen LogP contribution in [0.15, 0.2) is 0 Å². The van der Waals surface area contributed by atoms with Crippen molar-refractivity contribution >= 4 is 25.5 Å². The monoisotopic (exact) mass is 279 g/mol. The van der Waals surface area contributed by atoms with Gasteiger partial charge in [0.25, 0.3) is 0 Å². The predicted octanol–water partition coefficient (Wildman–Crippen LogP) is 4.28. The summed E-state index contributed by atoms with van der Waals surface area (Å²) in [7, 11) is 15.0. The molecule has 0 aliphatic carbocycles. The molecule has 0 nitrogen and oxygen atoms in total. The summed E-state index contributed by atoms with van der Waals surface area (Å²) in [6, 6.07) is 0. The van der Waals surface area contributed by atoms with Gasteiger partial charge in [-0.05, 0) is 0 Å². The van der Waals surface area contributed by atoms with Gasteiger partial charge in [-0.2, -0.15) is 6.42 Å². The zero-order chi connectivity index (χ0) is 8.41. The van der Waals surface area contributed by atoms with Crippen LogP contribution in [-0.2, 0) is 18.2 Å². The Bertz CT molecular complexity index is 43.5. The van der Waals surface area contributed by atoms with Crippen LogP contribution in [0.5, 0.6) is 0 Å². The van der Waals surface area contributed by atoms with Crippen molar-refractivity contribution in [2.45, 2.75) is 26.2 Å². The molecule has 0 aromatic heterocycles. The zero-order valence-electron chi connectivity index (χ0n) is 6.04. The van der Waals surface area contributed by atoms with Crippen molar-refractivity contribution in [1.29, 1.82) is 0 Å². The Morgan fingerprint density at radius 1 is 1.40 bits per heavy atom. The standard InChI is InChI=1S/C6H12.3ClH.Zr/c1-3-5-6-4-2;;;;/h6H,1,3-5H2,2H3;3*1H;/q-2;;;;+3/p-3. The van der Waals surface area contributed by atoms with Gasteiger partial charge < -0.3 is 13.3 Å². The van der Waals surface area contributed by atoms with Crippen molar-refractivity contribution in [2.75, 3.05) is 0 Å². The molecule has 0 aliphatic heterocycles. The van der Waals surface area contributed by atoms with Crippen LogP contribution in [0.2, 0.25) is 0 Å². The van der Waals surface area contributed by atoms with E-state index in [4.69, 9.17) is 25.5 Å². The van der Waals surface area contributed by atoms with Gasteiger partial charge in [0.05, 0.1) is 0 Å². The normalized spacial score (nSPS) is 8.10. The van der Waals surface area contributed by atoms with E-state index in [9.17, 15) is 0 Å². The second kappa shape index (κ2) is 13.4. The van der Waals surface area contributed by atoms with Gasteiger partial charge >= 0.3 is 43.7 Å². The van der Waals surface area contributed by atoms with Crippen LogP contribution in [-0.4, -0.2) is 0 Å². The number of rotatable bonds is 3. The molecular formula is C6H12Cl3Zr-2. The average Bonchev–Trinajstić information content (AvgIpc) is 1.82. The van der Waals surface area contributed by atoms with Crippen molar-refractivity contribution in [3.63, 3.8) is 0 Å². The van der Waals surface area contributed by atoms with E-state index in [0.29, 0.717) is 0 Å². The number of halogens is 3. The molecule has 0 saturated heterocycles. The van der Waals surface area contributed by atoms with E-state index in [2.05, 4.69) is 20.3 Å². The maximum atomic E-state index is 5.00. The molecular weight excluding hydrogens is 270 g/mol. The number of hydrogen-bond acceptors (Lipinski definition) is 0. The summed E-state index contributed by atoms with van der Waals surface area (Å²) in [5.74, 6) is 0. The van der Waals surface area contributed by atoms with E-state index in [0.717, 1.165) is 6.42 Å². The summed E-state index contributed by atoms with van der Waals surface area (Å²) in [5, 5.41) is 0. The van der Waals surface area contributed by atoms with Crippen LogP contribution in [0.1, 0.15) is 26.2 Å². The van der Waals surface area contributed by atoms with Crippen molar-refractivity contribution in [1.82, 2.24) is 0 Å². The predicted molar refractivity (Wildman–Crippen MR) is 46.7 cm³/mol. The summed E-state index contributed by atoms with van der Waals surface area (Å²) in [6.45, 7) is 5.84. The van der Waals surface area contributed by atoms with Gasteiger partial charge in [-0.25, -0.2) is 12.8 Å². The van der Waals surface area contributed by atoms with Gasteiger partial charge in [0.1, 0.15) is 0 Å². The van der Waals surface area contributed by atoms with E-state index < -0.39 is 18.2 Å².